The van der Waals surface area contributed by atoms with Crippen LogP contribution in [0.5, 0.6) is 0 Å². The van der Waals surface area contributed by atoms with Crippen LogP contribution in [0, 0.1) is 5.92 Å². The molecule has 1 aromatic heterocycles. The highest BCUT2D eigenvalue weighted by Gasteiger charge is 2.29. The van der Waals surface area contributed by atoms with Crippen LogP contribution in [-0.4, -0.2) is 59.6 Å². The quantitative estimate of drug-likeness (QED) is 0.804. The second kappa shape index (κ2) is 8.77. The van der Waals surface area contributed by atoms with E-state index in [4.69, 9.17) is 0 Å². The van der Waals surface area contributed by atoms with Crippen LogP contribution in [0.25, 0.3) is 0 Å². The molecule has 1 saturated heterocycles. The van der Waals surface area contributed by atoms with Crippen molar-refractivity contribution in [2.75, 3.05) is 37.7 Å². The minimum Gasteiger partial charge on any atom is -0.396 e. The highest BCUT2D eigenvalue weighted by molar-refractivity contribution is 5.93. The number of aliphatic hydroxyl groups excluding tert-OH is 1. The first kappa shape index (κ1) is 18.3. The molecule has 0 aromatic carbocycles. The molecule has 1 aliphatic carbocycles. The van der Waals surface area contributed by atoms with Crippen molar-refractivity contribution in [3.05, 3.63) is 23.9 Å². The zero-order valence-electron chi connectivity index (χ0n) is 15.4. The maximum absolute atomic E-state index is 11.4. The smallest absolute Gasteiger partial charge is 0.161 e. The van der Waals surface area contributed by atoms with E-state index in [0.717, 1.165) is 37.8 Å². The zero-order chi connectivity index (χ0) is 17.6. The summed E-state index contributed by atoms with van der Waals surface area (Å²) in [7, 11) is 0. The van der Waals surface area contributed by atoms with E-state index in [9.17, 15) is 9.90 Å². The van der Waals surface area contributed by atoms with Gasteiger partial charge in [0, 0.05) is 50.6 Å². The largest absolute Gasteiger partial charge is 0.396 e. The molecular weight excluding hydrogens is 314 g/mol. The fourth-order valence-electron chi connectivity index (χ4n) is 4.25. The van der Waals surface area contributed by atoms with Crippen LogP contribution in [-0.2, 0) is 0 Å². The van der Waals surface area contributed by atoms with Gasteiger partial charge in [0.05, 0.1) is 0 Å². The average molecular weight is 345 g/mol. The highest BCUT2D eigenvalue weighted by Crippen LogP contribution is 2.27. The summed E-state index contributed by atoms with van der Waals surface area (Å²) in [6.07, 6.45) is 9.36. The summed E-state index contributed by atoms with van der Waals surface area (Å²) in [5.74, 6) is 1.81. The number of ketones is 1. The van der Waals surface area contributed by atoms with Gasteiger partial charge in [-0.15, -0.1) is 0 Å². The van der Waals surface area contributed by atoms with Crippen molar-refractivity contribution in [3.63, 3.8) is 0 Å². The Kier molecular flexibility index (Phi) is 6.43. The molecule has 5 heteroatoms. The van der Waals surface area contributed by atoms with E-state index in [1.807, 2.05) is 12.1 Å². The first-order valence-corrected chi connectivity index (χ1v) is 9.74. The minimum absolute atomic E-state index is 0.0505. The lowest BCUT2D eigenvalue weighted by atomic mass is 9.88. The van der Waals surface area contributed by atoms with Crippen LogP contribution in [0.15, 0.2) is 18.3 Å². The summed E-state index contributed by atoms with van der Waals surface area (Å²) in [6, 6.07) is 4.19. The van der Waals surface area contributed by atoms with Gasteiger partial charge in [0.2, 0.25) is 0 Å². The summed E-state index contributed by atoms with van der Waals surface area (Å²) in [5, 5.41) is 9.50. The molecule has 2 heterocycles. The number of Topliss-reactive ketones (excluding diaryl/α,β-unsaturated/α-hetero) is 1. The van der Waals surface area contributed by atoms with Gasteiger partial charge in [0.15, 0.2) is 5.78 Å². The molecule has 2 aliphatic rings. The number of piperazine rings is 1. The number of aliphatic hydroxyl groups is 1. The third-order valence-electron chi connectivity index (χ3n) is 5.76. The Hall–Kier alpha value is -1.46. The van der Waals surface area contributed by atoms with Crippen LogP contribution in [0.2, 0.25) is 0 Å². The molecule has 1 aromatic rings. The van der Waals surface area contributed by atoms with Gasteiger partial charge in [-0.25, -0.2) is 4.98 Å². The second-order valence-corrected chi connectivity index (χ2v) is 7.57. The van der Waals surface area contributed by atoms with Crippen molar-refractivity contribution in [2.24, 2.45) is 5.92 Å². The Labute approximate surface area is 151 Å². The number of aromatic nitrogens is 1. The van der Waals surface area contributed by atoms with Gasteiger partial charge in [-0.2, -0.15) is 0 Å². The summed E-state index contributed by atoms with van der Waals surface area (Å²) in [5.41, 5.74) is 0.659. The summed E-state index contributed by atoms with van der Waals surface area (Å²) in [4.78, 5) is 20.8. The molecule has 0 amide bonds. The molecule has 3 rings (SSSR count). The maximum atomic E-state index is 11.4. The number of carbonyl (C=O) groups is 1. The Bertz CT molecular complexity index is 555. The predicted octanol–water partition coefficient (Wildman–Crippen LogP) is 2.74. The van der Waals surface area contributed by atoms with Crippen LogP contribution in [0.1, 0.15) is 55.8 Å². The number of anilines is 1. The summed E-state index contributed by atoms with van der Waals surface area (Å²) >= 11 is 0. The molecule has 138 valence electrons. The van der Waals surface area contributed by atoms with Crippen molar-refractivity contribution in [1.29, 1.82) is 0 Å². The lowest BCUT2D eigenvalue weighted by Gasteiger charge is -2.43. The summed E-state index contributed by atoms with van der Waals surface area (Å²) in [6.45, 7) is 5.86. The Balaban J connectivity index is 1.62. The fourth-order valence-corrected chi connectivity index (χ4v) is 4.25. The van der Waals surface area contributed by atoms with Gasteiger partial charge in [-0.3, -0.25) is 9.69 Å². The third-order valence-corrected chi connectivity index (χ3v) is 5.76. The molecular formula is C20H31N3O2. The van der Waals surface area contributed by atoms with E-state index in [2.05, 4.69) is 14.8 Å². The molecule has 1 aliphatic heterocycles. The van der Waals surface area contributed by atoms with Crippen molar-refractivity contribution in [3.8, 4) is 0 Å². The van der Waals surface area contributed by atoms with Gasteiger partial charge >= 0.3 is 0 Å². The molecule has 1 saturated carbocycles. The molecule has 1 atom stereocenters. The van der Waals surface area contributed by atoms with Crippen molar-refractivity contribution in [1.82, 2.24) is 9.88 Å². The van der Waals surface area contributed by atoms with Gasteiger partial charge < -0.3 is 10.0 Å². The Morgan fingerprint density at radius 2 is 2.04 bits per heavy atom. The van der Waals surface area contributed by atoms with Gasteiger partial charge in [-0.1, -0.05) is 19.3 Å². The SMILES string of the molecule is CC(=O)c1ccc(N2CCN(CC3CCCCC3)[C@H](CCO)C2)nc1. The standard InChI is InChI=1S/C20H31N3O2/c1-16(25)18-7-8-20(21-13-18)23-11-10-22(19(15-23)9-12-24)14-17-5-3-2-4-6-17/h7-8,13,17,19,24H,2-6,9-12,14-15H2,1H3/t19-/m1/s1. The molecule has 0 spiro atoms. The van der Waals surface area contributed by atoms with Crippen molar-refractivity contribution in [2.45, 2.75) is 51.5 Å². The monoisotopic (exact) mass is 345 g/mol. The van der Waals surface area contributed by atoms with Crippen LogP contribution >= 0.6 is 0 Å². The molecule has 2 fully saturated rings. The molecule has 25 heavy (non-hydrogen) atoms. The number of hydrogen-bond donors (Lipinski definition) is 1. The third kappa shape index (κ3) is 4.79. The highest BCUT2D eigenvalue weighted by atomic mass is 16.3. The van der Waals surface area contributed by atoms with Gasteiger partial charge in [0.1, 0.15) is 5.82 Å². The van der Waals surface area contributed by atoms with Gasteiger partial charge in [-0.05, 0) is 44.2 Å². The molecule has 0 radical (unpaired) electrons. The van der Waals surface area contributed by atoms with Gasteiger partial charge in [0.25, 0.3) is 0 Å². The molecule has 5 nitrogen and oxygen atoms in total. The number of nitrogens with zero attached hydrogens (tertiary/aromatic N) is 3. The fraction of sp³-hybridized carbons (Fsp3) is 0.700. The van der Waals surface area contributed by atoms with Crippen LogP contribution in [0.3, 0.4) is 0 Å². The number of hydrogen-bond acceptors (Lipinski definition) is 5. The average Bonchev–Trinajstić information content (AvgIpc) is 2.64. The second-order valence-electron chi connectivity index (χ2n) is 7.57. The van der Waals surface area contributed by atoms with Crippen LogP contribution < -0.4 is 4.90 Å². The number of pyridine rings is 1. The normalized spacial score (nSPS) is 23.0. The first-order chi connectivity index (χ1) is 12.2. The molecule has 0 unspecified atom stereocenters. The zero-order valence-corrected chi connectivity index (χ0v) is 15.4. The molecule has 1 N–H and O–H groups in total. The number of rotatable bonds is 6. The van der Waals surface area contributed by atoms with E-state index in [1.165, 1.54) is 38.6 Å². The Morgan fingerprint density at radius 1 is 1.24 bits per heavy atom. The topological polar surface area (TPSA) is 56.7 Å². The summed E-state index contributed by atoms with van der Waals surface area (Å²) < 4.78 is 0. The van der Waals surface area contributed by atoms with E-state index >= 15 is 0 Å². The van der Waals surface area contributed by atoms with Crippen molar-refractivity contribution < 1.29 is 9.90 Å². The van der Waals surface area contributed by atoms with Crippen LogP contribution in [0.4, 0.5) is 5.82 Å². The van der Waals surface area contributed by atoms with E-state index in [0.29, 0.717) is 11.6 Å². The lowest BCUT2D eigenvalue weighted by Crippen LogP contribution is -2.55. The first-order valence-electron chi connectivity index (χ1n) is 9.74. The van der Waals surface area contributed by atoms with E-state index in [1.54, 1.807) is 13.1 Å². The lowest BCUT2D eigenvalue weighted by molar-refractivity contribution is 0.101. The van der Waals surface area contributed by atoms with E-state index < -0.39 is 0 Å². The van der Waals surface area contributed by atoms with Crippen molar-refractivity contribution >= 4 is 11.6 Å². The Morgan fingerprint density at radius 3 is 2.68 bits per heavy atom. The minimum atomic E-state index is 0.0505. The predicted molar refractivity (Wildman–Crippen MR) is 100 cm³/mol. The molecule has 0 bridgehead atoms. The maximum Gasteiger partial charge on any atom is 0.161 e. The number of carbonyl (C=O) groups excluding carboxylic acids is 1. The van der Waals surface area contributed by atoms with E-state index in [-0.39, 0.29) is 12.4 Å².